The molecule has 1 unspecified atom stereocenters. The molecule has 3 aromatic rings. The van der Waals surface area contributed by atoms with E-state index in [9.17, 15) is 0 Å². The van der Waals surface area contributed by atoms with Gasteiger partial charge in [0, 0.05) is 42.5 Å². The molecular weight excluding hydrogens is 471 g/mol. The second-order valence-corrected chi connectivity index (χ2v) is 6.96. The van der Waals surface area contributed by atoms with Crippen LogP contribution in [0.1, 0.15) is 30.2 Å². The van der Waals surface area contributed by atoms with Crippen molar-refractivity contribution in [3.8, 4) is 5.82 Å². The van der Waals surface area contributed by atoms with Gasteiger partial charge in [-0.1, -0.05) is 13.0 Å². The number of guanidine groups is 1. The molecule has 0 aliphatic heterocycles. The zero-order valence-electron chi connectivity index (χ0n) is 15.5. The molecule has 0 fully saturated rings. The van der Waals surface area contributed by atoms with Gasteiger partial charge in [-0.15, -0.1) is 35.3 Å². The van der Waals surface area contributed by atoms with Crippen LogP contribution in [0.3, 0.4) is 0 Å². The van der Waals surface area contributed by atoms with Gasteiger partial charge in [0.05, 0.1) is 6.54 Å². The highest BCUT2D eigenvalue weighted by Gasteiger charge is 2.07. The molecule has 27 heavy (non-hydrogen) atoms. The normalized spacial score (nSPS) is 12.3. The first-order chi connectivity index (χ1) is 12.8. The second kappa shape index (κ2) is 11.0. The fourth-order valence-electron chi connectivity index (χ4n) is 2.53. The number of thiophene rings is 1. The van der Waals surface area contributed by atoms with Crippen molar-refractivity contribution in [2.24, 2.45) is 4.99 Å². The van der Waals surface area contributed by atoms with Crippen molar-refractivity contribution in [1.29, 1.82) is 0 Å². The third-order valence-corrected chi connectivity index (χ3v) is 5.05. The summed E-state index contributed by atoms with van der Waals surface area (Å²) in [5, 5.41) is 8.86. The summed E-state index contributed by atoms with van der Waals surface area (Å²) < 4.78 is 1.89. The molecule has 144 valence electrons. The Morgan fingerprint density at radius 3 is 2.89 bits per heavy atom. The number of aromatic nitrogens is 3. The lowest BCUT2D eigenvalue weighted by molar-refractivity contribution is 0.709. The highest BCUT2D eigenvalue weighted by molar-refractivity contribution is 14.0. The van der Waals surface area contributed by atoms with Crippen LogP contribution in [0.5, 0.6) is 0 Å². The maximum atomic E-state index is 4.70. The van der Waals surface area contributed by atoms with E-state index in [-0.39, 0.29) is 24.0 Å². The van der Waals surface area contributed by atoms with Crippen molar-refractivity contribution in [2.45, 2.75) is 26.3 Å². The molecule has 1 atom stereocenters. The molecule has 0 saturated carbocycles. The molecule has 0 saturated heterocycles. The Bertz CT molecular complexity index is 817. The van der Waals surface area contributed by atoms with Crippen molar-refractivity contribution in [3.63, 3.8) is 0 Å². The van der Waals surface area contributed by atoms with Crippen LogP contribution in [0.2, 0.25) is 0 Å². The molecule has 0 bridgehead atoms. The van der Waals surface area contributed by atoms with Gasteiger partial charge in [0.2, 0.25) is 0 Å². The summed E-state index contributed by atoms with van der Waals surface area (Å²) in [6, 6.07) is 8.29. The maximum absolute atomic E-state index is 4.70. The third kappa shape index (κ3) is 6.31. The van der Waals surface area contributed by atoms with Gasteiger partial charge < -0.3 is 10.6 Å². The smallest absolute Gasteiger partial charge is 0.191 e. The van der Waals surface area contributed by atoms with Crippen LogP contribution in [-0.2, 0) is 6.54 Å². The standard InChI is InChI=1S/C19H24N6S.HI/c1-3-21-19(23-12-15(2)17-5-4-10-26-17)24-13-16-6-7-22-18(11-16)25-9-8-20-14-25;/h4-11,14-15H,3,12-13H2,1-2H3,(H2,21,23,24);1H. The van der Waals surface area contributed by atoms with Gasteiger partial charge in [-0.3, -0.25) is 4.57 Å². The van der Waals surface area contributed by atoms with E-state index < -0.39 is 0 Å². The van der Waals surface area contributed by atoms with E-state index in [2.05, 4.69) is 52.0 Å². The minimum absolute atomic E-state index is 0. The topological polar surface area (TPSA) is 67.1 Å². The highest BCUT2D eigenvalue weighted by Crippen LogP contribution is 2.19. The number of pyridine rings is 1. The van der Waals surface area contributed by atoms with Crippen molar-refractivity contribution in [2.75, 3.05) is 13.1 Å². The van der Waals surface area contributed by atoms with Crippen molar-refractivity contribution in [3.05, 3.63) is 65.0 Å². The molecule has 3 heterocycles. The molecule has 8 heteroatoms. The lowest BCUT2D eigenvalue weighted by Crippen LogP contribution is -2.39. The number of halogens is 1. The predicted molar refractivity (Wildman–Crippen MR) is 122 cm³/mol. The molecule has 0 amide bonds. The summed E-state index contributed by atoms with van der Waals surface area (Å²) in [6.07, 6.45) is 7.17. The number of hydrogen-bond acceptors (Lipinski definition) is 4. The summed E-state index contributed by atoms with van der Waals surface area (Å²) >= 11 is 1.79. The Kier molecular flexibility index (Phi) is 8.73. The minimum atomic E-state index is 0. The summed E-state index contributed by atoms with van der Waals surface area (Å²) in [7, 11) is 0. The first-order valence-corrected chi connectivity index (χ1v) is 9.63. The lowest BCUT2D eigenvalue weighted by Gasteiger charge is -2.15. The van der Waals surface area contributed by atoms with Crippen molar-refractivity contribution >= 4 is 41.3 Å². The quantitative estimate of drug-likeness (QED) is 0.297. The fraction of sp³-hybridized carbons (Fsp3) is 0.316. The summed E-state index contributed by atoms with van der Waals surface area (Å²) in [5.74, 6) is 2.13. The minimum Gasteiger partial charge on any atom is -0.357 e. The van der Waals surface area contributed by atoms with Crippen molar-refractivity contribution in [1.82, 2.24) is 25.2 Å². The molecular formula is C19H25IN6S. The Morgan fingerprint density at radius 2 is 2.19 bits per heavy atom. The number of aliphatic imine (C=N–C) groups is 1. The molecule has 0 aromatic carbocycles. The molecule has 0 radical (unpaired) electrons. The van der Waals surface area contributed by atoms with Crippen LogP contribution in [0.15, 0.2) is 59.6 Å². The molecule has 0 spiro atoms. The van der Waals surface area contributed by atoms with Crippen LogP contribution in [0.25, 0.3) is 5.82 Å². The Morgan fingerprint density at radius 1 is 1.30 bits per heavy atom. The van der Waals surface area contributed by atoms with Gasteiger partial charge in [-0.2, -0.15) is 0 Å². The summed E-state index contributed by atoms with van der Waals surface area (Å²) in [5.41, 5.74) is 1.10. The third-order valence-electron chi connectivity index (χ3n) is 3.95. The first kappa shape index (κ1) is 21.4. The van der Waals surface area contributed by atoms with Gasteiger partial charge in [0.1, 0.15) is 12.1 Å². The summed E-state index contributed by atoms with van der Waals surface area (Å²) in [4.78, 5) is 14.5. The number of nitrogens with one attached hydrogen (secondary N) is 2. The van der Waals surface area contributed by atoms with Crippen LogP contribution in [0.4, 0.5) is 0 Å². The van der Waals surface area contributed by atoms with Crippen LogP contribution in [-0.4, -0.2) is 33.6 Å². The first-order valence-electron chi connectivity index (χ1n) is 8.75. The number of rotatable bonds is 7. The van der Waals surface area contributed by atoms with E-state index in [4.69, 9.17) is 4.99 Å². The van der Waals surface area contributed by atoms with Crippen LogP contribution >= 0.6 is 35.3 Å². The highest BCUT2D eigenvalue weighted by atomic mass is 127. The number of nitrogens with zero attached hydrogens (tertiary/aromatic N) is 4. The molecule has 3 aromatic heterocycles. The molecule has 6 nitrogen and oxygen atoms in total. The van der Waals surface area contributed by atoms with E-state index in [1.165, 1.54) is 4.88 Å². The Balaban J connectivity index is 0.00000261. The largest absolute Gasteiger partial charge is 0.357 e. The lowest BCUT2D eigenvalue weighted by atomic mass is 10.1. The second-order valence-electron chi connectivity index (χ2n) is 5.98. The molecule has 0 aliphatic carbocycles. The van der Waals surface area contributed by atoms with Crippen molar-refractivity contribution < 1.29 is 0 Å². The number of hydrogen-bond donors (Lipinski definition) is 2. The zero-order chi connectivity index (χ0) is 18.2. The van der Waals surface area contributed by atoms with E-state index in [0.717, 1.165) is 30.4 Å². The monoisotopic (exact) mass is 496 g/mol. The SMILES string of the molecule is CCNC(=NCc1ccnc(-n2ccnc2)c1)NCC(C)c1cccs1.I. The van der Waals surface area contributed by atoms with Gasteiger partial charge in [-0.25, -0.2) is 15.0 Å². The van der Waals surface area contributed by atoms with Gasteiger partial charge in [0.25, 0.3) is 0 Å². The average Bonchev–Trinajstić information content (AvgIpc) is 3.38. The van der Waals surface area contributed by atoms with E-state index in [1.807, 2.05) is 22.9 Å². The van der Waals surface area contributed by atoms with Gasteiger partial charge >= 0.3 is 0 Å². The predicted octanol–water partition coefficient (Wildman–Crippen LogP) is 3.81. The van der Waals surface area contributed by atoms with Crippen LogP contribution < -0.4 is 10.6 Å². The number of imidazole rings is 1. The van der Waals surface area contributed by atoms with Gasteiger partial charge in [0.15, 0.2) is 5.96 Å². The van der Waals surface area contributed by atoms with E-state index in [0.29, 0.717) is 12.5 Å². The molecule has 0 aliphatic rings. The Labute approximate surface area is 181 Å². The summed E-state index contributed by atoms with van der Waals surface area (Å²) in [6.45, 7) is 6.57. The zero-order valence-corrected chi connectivity index (χ0v) is 18.6. The molecule has 2 N–H and O–H groups in total. The maximum Gasteiger partial charge on any atom is 0.191 e. The molecule has 3 rings (SSSR count). The van der Waals surface area contributed by atoms with Gasteiger partial charge in [-0.05, 0) is 36.1 Å². The van der Waals surface area contributed by atoms with E-state index >= 15 is 0 Å². The Hall–Kier alpha value is -1.94. The fourth-order valence-corrected chi connectivity index (χ4v) is 3.32. The van der Waals surface area contributed by atoms with E-state index in [1.54, 1.807) is 30.1 Å². The average molecular weight is 496 g/mol. The van der Waals surface area contributed by atoms with Crippen LogP contribution in [0, 0.1) is 0 Å².